The Labute approximate surface area is 224 Å². The molecule has 2 aliphatic heterocycles. The molecule has 2 saturated heterocycles. The first-order valence-corrected chi connectivity index (χ1v) is 12.6. The largest absolute Gasteiger partial charge is 0.507 e. The van der Waals surface area contributed by atoms with Gasteiger partial charge in [0, 0.05) is 38.3 Å². The maximum atomic E-state index is 13.5. The van der Waals surface area contributed by atoms with Crippen molar-refractivity contribution >= 4 is 17.7 Å². The number of alkyl halides is 3. The van der Waals surface area contributed by atoms with Crippen molar-refractivity contribution in [3.05, 3.63) is 42.1 Å². The minimum Gasteiger partial charge on any atom is -0.507 e. The molecule has 2 atom stereocenters. The van der Waals surface area contributed by atoms with Crippen LogP contribution in [0.3, 0.4) is 0 Å². The van der Waals surface area contributed by atoms with Crippen LogP contribution in [-0.2, 0) is 9.53 Å². The van der Waals surface area contributed by atoms with Gasteiger partial charge in [-0.15, -0.1) is 0 Å². The second-order valence-electron chi connectivity index (χ2n) is 10.7. The Hall–Kier alpha value is -4.01. The van der Waals surface area contributed by atoms with Crippen LogP contribution in [0.25, 0.3) is 11.3 Å². The summed E-state index contributed by atoms with van der Waals surface area (Å²) in [5.41, 5.74) is 1.34. The smallest absolute Gasteiger partial charge is 0.410 e. The molecule has 1 N–H and O–H groups in total. The Morgan fingerprint density at radius 3 is 2.36 bits per heavy atom. The number of anilines is 1. The van der Waals surface area contributed by atoms with E-state index in [-0.39, 0.29) is 24.4 Å². The van der Waals surface area contributed by atoms with Crippen LogP contribution in [0.5, 0.6) is 5.75 Å². The molecule has 3 heterocycles. The third-order valence-corrected chi connectivity index (χ3v) is 6.79. The van der Waals surface area contributed by atoms with Crippen molar-refractivity contribution in [3.63, 3.8) is 0 Å². The maximum absolute atomic E-state index is 13.5. The fraction of sp³-hybridized carbons (Fsp3) is 0.481. The van der Waals surface area contributed by atoms with Crippen molar-refractivity contribution in [2.45, 2.75) is 45.0 Å². The van der Waals surface area contributed by atoms with E-state index in [0.29, 0.717) is 24.3 Å². The number of hydrogen-bond acceptors (Lipinski definition) is 7. The number of nitrogens with zero attached hydrogens (tertiary/aromatic N) is 5. The lowest BCUT2D eigenvalue weighted by molar-refractivity contribution is -0.170. The Morgan fingerprint density at radius 1 is 1.10 bits per heavy atom. The van der Waals surface area contributed by atoms with Gasteiger partial charge >= 0.3 is 12.3 Å². The zero-order valence-corrected chi connectivity index (χ0v) is 21.9. The third kappa shape index (κ3) is 6.35. The highest BCUT2D eigenvalue weighted by Gasteiger charge is 2.52. The van der Waals surface area contributed by atoms with Gasteiger partial charge in [-0.25, -0.2) is 4.79 Å². The second-order valence-corrected chi connectivity index (χ2v) is 10.7. The maximum Gasteiger partial charge on any atom is 0.410 e. The monoisotopic (exact) mass is 545 g/mol. The van der Waals surface area contributed by atoms with Gasteiger partial charge in [-0.1, -0.05) is 0 Å². The lowest BCUT2D eigenvalue weighted by Crippen LogP contribution is -2.54. The minimum atomic E-state index is -4.52. The number of phenolic OH excluding ortho intramolecular Hbond substituents is 1. The summed E-state index contributed by atoms with van der Waals surface area (Å²) in [6.07, 6.45) is -4.27. The van der Waals surface area contributed by atoms with Gasteiger partial charge in [0.15, 0.2) is 0 Å². The molecule has 0 unspecified atom stereocenters. The number of nitriles is 1. The molecule has 1 aromatic carbocycles. The Bertz CT molecular complexity index is 1260. The van der Waals surface area contributed by atoms with Gasteiger partial charge in [-0.05, 0) is 57.5 Å². The molecule has 2 aliphatic rings. The number of carbonyl (C=O) groups excluding carboxylic acids is 2. The fourth-order valence-electron chi connectivity index (χ4n) is 4.75. The molecule has 39 heavy (non-hydrogen) atoms. The molecule has 0 saturated carbocycles. The van der Waals surface area contributed by atoms with Crippen LogP contribution in [0.1, 0.15) is 32.8 Å². The summed E-state index contributed by atoms with van der Waals surface area (Å²) in [4.78, 5) is 34.9. The van der Waals surface area contributed by atoms with Crippen LogP contribution < -0.4 is 4.90 Å². The first kappa shape index (κ1) is 28.0. The average Bonchev–Trinajstić information content (AvgIpc) is 3.34. The van der Waals surface area contributed by atoms with Crippen molar-refractivity contribution in [1.82, 2.24) is 14.8 Å². The van der Waals surface area contributed by atoms with Crippen molar-refractivity contribution in [2.24, 2.45) is 5.92 Å². The number of aromatic nitrogens is 1. The number of benzene rings is 1. The Balaban J connectivity index is 1.41. The number of halogens is 3. The summed E-state index contributed by atoms with van der Waals surface area (Å²) in [6, 6.07) is 8.98. The lowest BCUT2D eigenvalue weighted by atomic mass is 10.0. The van der Waals surface area contributed by atoms with Crippen molar-refractivity contribution in [1.29, 1.82) is 5.26 Å². The predicted octanol–water partition coefficient (Wildman–Crippen LogP) is 4.16. The molecule has 0 radical (unpaired) electrons. The number of piperazine rings is 1. The van der Waals surface area contributed by atoms with E-state index in [1.807, 2.05) is 17.0 Å². The van der Waals surface area contributed by atoms with Crippen LogP contribution in [0.2, 0.25) is 0 Å². The molecule has 0 bridgehead atoms. The zero-order chi connectivity index (χ0) is 28.5. The van der Waals surface area contributed by atoms with E-state index in [4.69, 9.17) is 10.00 Å². The topological polar surface area (TPSA) is 110 Å². The normalized spacial score (nSPS) is 20.1. The summed E-state index contributed by atoms with van der Waals surface area (Å²) < 4.78 is 45.8. The Morgan fingerprint density at radius 2 is 1.79 bits per heavy atom. The van der Waals surface area contributed by atoms with Crippen molar-refractivity contribution in [2.75, 3.05) is 37.6 Å². The number of hydrogen-bond donors (Lipinski definition) is 1. The molecule has 0 spiro atoms. The minimum absolute atomic E-state index is 0.106. The van der Waals surface area contributed by atoms with Gasteiger partial charge in [0.2, 0.25) is 5.91 Å². The van der Waals surface area contributed by atoms with Crippen LogP contribution in [0, 0.1) is 17.2 Å². The zero-order valence-electron chi connectivity index (χ0n) is 21.9. The molecule has 2 amide bonds. The summed E-state index contributed by atoms with van der Waals surface area (Å²) in [7, 11) is 0. The van der Waals surface area contributed by atoms with Gasteiger partial charge in [0.25, 0.3) is 0 Å². The fourth-order valence-corrected chi connectivity index (χ4v) is 4.75. The van der Waals surface area contributed by atoms with Crippen molar-refractivity contribution in [3.8, 4) is 23.1 Å². The van der Waals surface area contributed by atoms with E-state index >= 15 is 0 Å². The molecule has 2 aromatic rings. The third-order valence-electron chi connectivity index (χ3n) is 6.79. The van der Waals surface area contributed by atoms with Crippen LogP contribution in [0.15, 0.2) is 36.5 Å². The molecule has 1 aromatic heterocycles. The van der Waals surface area contributed by atoms with E-state index in [1.54, 1.807) is 45.2 Å². The lowest BCUT2D eigenvalue weighted by Gasteiger charge is -2.38. The number of phenols is 1. The number of rotatable bonds is 3. The summed E-state index contributed by atoms with van der Waals surface area (Å²) in [5.74, 6) is -2.41. The summed E-state index contributed by atoms with van der Waals surface area (Å²) in [6.45, 7) is 5.68. The van der Waals surface area contributed by atoms with E-state index in [0.717, 1.165) is 10.6 Å². The van der Waals surface area contributed by atoms with E-state index < -0.39 is 48.7 Å². The Kier molecular flexibility index (Phi) is 7.63. The molecule has 4 rings (SSSR count). The number of pyridine rings is 1. The first-order chi connectivity index (χ1) is 18.3. The number of ether oxygens (including phenoxy) is 1. The molecular formula is C27H30F3N5O4. The highest BCUT2D eigenvalue weighted by atomic mass is 19.4. The summed E-state index contributed by atoms with van der Waals surface area (Å²) >= 11 is 0. The molecule has 0 aliphatic carbocycles. The number of carbonyl (C=O) groups is 2. The number of likely N-dealkylation sites (tertiary alicyclic amines) is 1. The van der Waals surface area contributed by atoms with E-state index in [1.165, 1.54) is 11.0 Å². The molecule has 2 fully saturated rings. The van der Waals surface area contributed by atoms with Crippen LogP contribution in [0.4, 0.5) is 23.7 Å². The standard InChI is InChI=1S/C27H30F3N5O4/c1-26(2,3)39-25(38)35-16-19(27(28,29)30)13-22(35)24(37)34-10-8-33(9-11-34)20-5-6-21(32-15-20)17-4-7-23(36)18(12-17)14-31/h4-7,12,15,19,22,36H,8-11,13,16H2,1-3H3/t19-,22+/m1/s1. The highest BCUT2D eigenvalue weighted by Crippen LogP contribution is 2.38. The van der Waals surface area contributed by atoms with Crippen molar-refractivity contribution < 1.29 is 32.6 Å². The SMILES string of the molecule is CC(C)(C)OC(=O)N1C[C@H](C(F)(F)F)C[C@H]1C(=O)N1CCN(c2ccc(-c3ccc(O)c(C#N)c3)nc2)CC1. The van der Waals surface area contributed by atoms with Crippen LogP contribution in [-0.4, -0.2) is 82.4 Å². The quantitative estimate of drug-likeness (QED) is 0.617. The molecule has 12 heteroatoms. The van der Waals surface area contributed by atoms with E-state index in [9.17, 15) is 27.9 Å². The first-order valence-electron chi connectivity index (χ1n) is 12.6. The van der Waals surface area contributed by atoms with Gasteiger partial charge in [0.1, 0.15) is 23.5 Å². The number of amides is 2. The molecule has 9 nitrogen and oxygen atoms in total. The van der Waals surface area contributed by atoms with Gasteiger partial charge < -0.3 is 19.6 Å². The average molecular weight is 546 g/mol. The predicted molar refractivity (Wildman–Crippen MR) is 136 cm³/mol. The highest BCUT2D eigenvalue weighted by molar-refractivity contribution is 5.86. The summed E-state index contributed by atoms with van der Waals surface area (Å²) in [5, 5.41) is 18.8. The number of aromatic hydroxyl groups is 1. The molecular weight excluding hydrogens is 515 g/mol. The van der Waals surface area contributed by atoms with Gasteiger partial charge in [0.05, 0.1) is 29.1 Å². The van der Waals surface area contributed by atoms with Gasteiger partial charge in [-0.2, -0.15) is 18.4 Å². The van der Waals surface area contributed by atoms with E-state index in [2.05, 4.69) is 4.98 Å². The second kappa shape index (κ2) is 10.6. The molecule has 208 valence electrons. The van der Waals surface area contributed by atoms with Gasteiger partial charge in [-0.3, -0.25) is 14.7 Å². The van der Waals surface area contributed by atoms with Crippen LogP contribution >= 0.6 is 0 Å².